The van der Waals surface area contributed by atoms with E-state index in [0.717, 1.165) is 0 Å². The number of carbonyl (C=O) groups is 1. The number of aryl methyl sites for hydroxylation is 1. The van der Waals surface area contributed by atoms with Crippen LogP contribution in [0.4, 0.5) is 5.82 Å². The maximum Gasteiger partial charge on any atom is 0.257 e. The quantitative estimate of drug-likeness (QED) is 0.766. The lowest BCUT2D eigenvalue weighted by Crippen LogP contribution is -2.46. The number of nitrogens with two attached hydrogens (primary N) is 1. The van der Waals surface area contributed by atoms with Crippen LogP contribution >= 0.6 is 0 Å². The van der Waals surface area contributed by atoms with Crippen LogP contribution in [0.15, 0.2) is 6.20 Å². The molecule has 0 fully saturated rings. The van der Waals surface area contributed by atoms with E-state index in [2.05, 4.69) is 10.4 Å². The molecule has 0 atom stereocenters. The maximum atomic E-state index is 11.9. The van der Waals surface area contributed by atoms with E-state index in [1.54, 1.807) is 14.2 Å². The second kappa shape index (κ2) is 4.52. The first-order chi connectivity index (χ1) is 7.37. The van der Waals surface area contributed by atoms with Gasteiger partial charge in [0.2, 0.25) is 0 Å². The first-order valence-electron chi connectivity index (χ1n) is 4.96. The van der Waals surface area contributed by atoms with Gasteiger partial charge >= 0.3 is 0 Å². The van der Waals surface area contributed by atoms with Gasteiger partial charge in [0.05, 0.1) is 18.3 Å². The molecule has 0 aliphatic heterocycles. The Kier molecular flexibility index (Phi) is 3.54. The fourth-order valence-corrected chi connectivity index (χ4v) is 1.39. The number of rotatable bonds is 4. The van der Waals surface area contributed by atoms with E-state index in [0.29, 0.717) is 18.0 Å². The molecule has 1 rings (SSSR count). The molecule has 1 heterocycles. The molecule has 6 nitrogen and oxygen atoms in total. The summed E-state index contributed by atoms with van der Waals surface area (Å²) >= 11 is 0. The topological polar surface area (TPSA) is 82.2 Å². The average Bonchev–Trinajstić information content (AvgIpc) is 2.46. The van der Waals surface area contributed by atoms with Gasteiger partial charge in [0.1, 0.15) is 11.4 Å². The molecule has 0 bridgehead atoms. The number of anilines is 1. The average molecular weight is 226 g/mol. The highest BCUT2D eigenvalue weighted by molar-refractivity contribution is 5.98. The van der Waals surface area contributed by atoms with E-state index >= 15 is 0 Å². The van der Waals surface area contributed by atoms with Crippen molar-refractivity contribution in [3.05, 3.63) is 11.8 Å². The molecule has 3 N–H and O–H groups in total. The number of amides is 1. The normalized spacial score (nSPS) is 11.5. The molecule has 0 aromatic carbocycles. The van der Waals surface area contributed by atoms with E-state index in [9.17, 15) is 4.79 Å². The van der Waals surface area contributed by atoms with Gasteiger partial charge in [-0.05, 0) is 13.8 Å². The highest BCUT2D eigenvalue weighted by Gasteiger charge is 2.23. The monoisotopic (exact) mass is 226 g/mol. The molecular weight excluding hydrogens is 208 g/mol. The number of nitrogen functional groups attached to an aromatic ring is 1. The maximum absolute atomic E-state index is 11.9. The van der Waals surface area contributed by atoms with Crippen LogP contribution in [-0.2, 0) is 11.8 Å². The number of hydrogen-bond donors (Lipinski definition) is 2. The number of nitrogens with zero attached hydrogens (tertiary/aromatic N) is 2. The predicted molar refractivity (Wildman–Crippen MR) is 61.0 cm³/mol. The third-order valence-electron chi connectivity index (χ3n) is 2.19. The molecule has 0 saturated heterocycles. The number of carbonyl (C=O) groups excluding carboxylic acids is 1. The van der Waals surface area contributed by atoms with Gasteiger partial charge in [-0.25, -0.2) is 0 Å². The molecule has 16 heavy (non-hydrogen) atoms. The predicted octanol–water partition coefficient (Wildman–Crippen LogP) is 0.157. The molecule has 1 aromatic rings. The van der Waals surface area contributed by atoms with E-state index in [1.807, 2.05) is 13.8 Å². The molecule has 6 heteroatoms. The summed E-state index contributed by atoms with van der Waals surface area (Å²) in [5.74, 6) is 0.110. The molecule has 1 aromatic heterocycles. The molecule has 90 valence electrons. The van der Waals surface area contributed by atoms with Crippen LogP contribution in [0.1, 0.15) is 24.2 Å². The van der Waals surface area contributed by atoms with E-state index in [1.165, 1.54) is 10.9 Å². The Morgan fingerprint density at radius 2 is 2.31 bits per heavy atom. The largest absolute Gasteiger partial charge is 0.383 e. The van der Waals surface area contributed by atoms with E-state index in [4.69, 9.17) is 10.5 Å². The van der Waals surface area contributed by atoms with Gasteiger partial charge in [0.15, 0.2) is 0 Å². The van der Waals surface area contributed by atoms with Crippen molar-refractivity contribution in [2.24, 2.45) is 7.05 Å². The minimum Gasteiger partial charge on any atom is -0.383 e. The third kappa shape index (κ3) is 2.73. The van der Waals surface area contributed by atoms with Crippen LogP contribution in [0.3, 0.4) is 0 Å². The van der Waals surface area contributed by atoms with Gasteiger partial charge < -0.3 is 15.8 Å². The number of nitrogens with one attached hydrogen (secondary N) is 1. The Morgan fingerprint density at radius 1 is 1.69 bits per heavy atom. The third-order valence-corrected chi connectivity index (χ3v) is 2.19. The molecule has 0 unspecified atom stereocenters. The zero-order valence-electron chi connectivity index (χ0n) is 10.1. The van der Waals surface area contributed by atoms with Gasteiger partial charge in [-0.15, -0.1) is 0 Å². The first-order valence-corrected chi connectivity index (χ1v) is 4.96. The van der Waals surface area contributed by atoms with Crippen molar-refractivity contribution in [1.29, 1.82) is 0 Å². The lowest BCUT2D eigenvalue weighted by Gasteiger charge is -2.24. The number of hydrogen-bond acceptors (Lipinski definition) is 4. The molecule has 0 radical (unpaired) electrons. The van der Waals surface area contributed by atoms with Gasteiger partial charge in [0.25, 0.3) is 5.91 Å². The minimum absolute atomic E-state index is 0.243. The standard InChI is InChI=1S/C10H18N4O2/c1-10(2,6-16-4)13-9(15)7-5-12-14(3)8(7)11/h5H,6,11H2,1-4H3,(H,13,15). The Labute approximate surface area is 94.8 Å². The Morgan fingerprint density at radius 3 is 2.75 bits per heavy atom. The summed E-state index contributed by atoms with van der Waals surface area (Å²) in [6.07, 6.45) is 1.45. The van der Waals surface area contributed by atoms with Crippen molar-refractivity contribution < 1.29 is 9.53 Å². The number of methoxy groups -OCH3 is 1. The summed E-state index contributed by atoms with van der Waals surface area (Å²) < 4.78 is 6.47. The van der Waals surface area contributed by atoms with Crippen molar-refractivity contribution in [2.45, 2.75) is 19.4 Å². The van der Waals surface area contributed by atoms with Crippen LogP contribution in [0.5, 0.6) is 0 Å². The fourth-order valence-electron chi connectivity index (χ4n) is 1.39. The SMILES string of the molecule is COCC(C)(C)NC(=O)c1cnn(C)c1N. The van der Waals surface area contributed by atoms with Crippen molar-refractivity contribution in [1.82, 2.24) is 15.1 Å². The molecule has 0 saturated carbocycles. The lowest BCUT2D eigenvalue weighted by molar-refractivity contribution is 0.0821. The van der Waals surface area contributed by atoms with Gasteiger partial charge in [-0.3, -0.25) is 9.48 Å². The molecule has 0 spiro atoms. The summed E-state index contributed by atoms with van der Waals surface area (Å²) in [7, 11) is 3.28. The highest BCUT2D eigenvalue weighted by Crippen LogP contribution is 2.11. The summed E-state index contributed by atoms with van der Waals surface area (Å²) in [4.78, 5) is 11.9. The zero-order valence-corrected chi connectivity index (χ0v) is 10.1. The summed E-state index contributed by atoms with van der Waals surface area (Å²) in [5.41, 5.74) is 5.65. The van der Waals surface area contributed by atoms with E-state index < -0.39 is 5.54 Å². The van der Waals surface area contributed by atoms with Gasteiger partial charge in [0, 0.05) is 14.2 Å². The van der Waals surface area contributed by atoms with Crippen LogP contribution < -0.4 is 11.1 Å². The molecule has 0 aliphatic carbocycles. The van der Waals surface area contributed by atoms with Crippen LogP contribution in [0.2, 0.25) is 0 Å². The Hall–Kier alpha value is -1.56. The second-order valence-electron chi connectivity index (χ2n) is 4.34. The Bertz CT molecular complexity index is 384. The van der Waals surface area contributed by atoms with Crippen molar-refractivity contribution in [3.8, 4) is 0 Å². The van der Waals surface area contributed by atoms with Crippen LogP contribution in [0, 0.1) is 0 Å². The molecule has 1 amide bonds. The Balaban J connectivity index is 2.77. The van der Waals surface area contributed by atoms with E-state index in [-0.39, 0.29) is 5.91 Å². The summed E-state index contributed by atoms with van der Waals surface area (Å²) in [6, 6.07) is 0. The smallest absolute Gasteiger partial charge is 0.257 e. The summed E-state index contributed by atoms with van der Waals surface area (Å²) in [6.45, 7) is 4.18. The van der Waals surface area contributed by atoms with Crippen molar-refractivity contribution in [2.75, 3.05) is 19.5 Å². The highest BCUT2D eigenvalue weighted by atomic mass is 16.5. The van der Waals surface area contributed by atoms with Gasteiger partial charge in [-0.1, -0.05) is 0 Å². The van der Waals surface area contributed by atoms with Crippen LogP contribution in [0.25, 0.3) is 0 Å². The summed E-state index contributed by atoms with van der Waals surface area (Å²) in [5, 5.41) is 6.74. The molecule has 0 aliphatic rings. The zero-order chi connectivity index (χ0) is 12.3. The number of ether oxygens (including phenoxy) is 1. The second-order valence-corrected chi connectivity index (χ2v) is 4.34. The fraction of sp³-hybridized carbons (Fsp3) is 0.600. The van der Waals surface area contributed by atoms with Crippen molar-refractivity contribution >= 4 is 11.7 Å². The first kappa shape index (κ1) is 12.5. The molecular formula is C10H18N4O2. The van der Waals surface area contributed by atoms with Crippen LogP contribution in [-0.4, -0.2) is 34.9 Å². The lowest BCUT2D eigenvalue weighted by atomic mass is 10.1. The van der Waals surface area contributed by atoms with Crippen molar-refractivity contribution in [3.63, 3.8) is 0 Å². The van der Waals surface area contributed by atoms with Gasteiger partial charge in [-0.2, -0.15) is 5.10 Å². The number of aromatic nitrogens is 2. The minimum atomic E-state index is -0.436.